The summed E-state index contributed by atoms with van der Waals surface area (Å²) in [6.07, 6.45) is 0. The van der Waals surface area contributed by atoms with Crippen molar-refractivity contribution in [3.05, 3.63) is 24.0 Å². The van der Waals surface area contributed by atoms with E-state index in [-0.39, 0.29) is 0 Å². The quantitative estimate of drug-likeness (QED) is 0.816. The number of hydrogen-bond donors (Lipinski definition) is 1. The Bertz CT molecular complexity index is 459. The van der Waals surface area contributed by atoms with Crippen LogP contribution in [0.3, 0.4) is 0 Å². The van der Waals surface area contributed by atoms with E-state index in [0.29, 0.717) is 5.46 Å². The van der Waals surface area contributed by atoms with Gasteiger partial charge in [-0.2, -0.15) is 8.78 Å². The molecule has 0 saturated heterocycles. The van der Waals surface area contributed by atoms with Crippen molar-refractivity contribution < 1.29 is 27.7 Å². The predicted octanol–water partition coefficient (Wildman–Crippen LogP) is 2.24. The van der Waals surface area contributed by atoms with Crippen LogP contribution in [-0.4, -0.2) is 30.4 Å². The highest BCUT2D eigenvalue weighted by atomic mass is 19.3. The van der Waals surface area contributed by atoms with E-state index in [1.165, 1.54) is 13.5 Å². The molecule has 0 aliphatic heterocycles. The summed E-state index contributed by atoms with van der Waals surface area (Å²) < 4.78 is 46.9. The number of aliphatic hydroxyl groups is 1. The highest BCUT2D eigenvalue weighted by molar-refractivity contribution is 6.47. The average molecular weight is 289 g/mol. The van der Waals surface area contributed by atoms with E-state index < -0.39 is 29.4 Å². The topological polar surface area (TPSA) is 38.7 Å². The molecule has 0 aromatic heterocycles. The van der Waals surface area contributed by atoms with E-state index in [1.807, 2.05) is 0 Å². The Labute approximate surface area is 117 Å². The van der Waals surface area contributed by atoms with Gasteiger partial charge in [0.05, 0.1) is 11.2 Å². The summed E-state index contributed by atoms with van der Waals surface area (Å²) >= 11 is 0. The van der Waals surface area contributed by atoms with Gasteiger partial charge in [0, 0.05) is 0 Å². The Balaban J connectivity index is 2.73. The van der Waals surface area contributed by atoms with E-state index in [0.717, 1.165) is 12.1 Å². The van der Waals surface area contributed by atoms with Crippen molar-refractivity contribution in [2.45, 2.75) is 45.5 Å². The van der Waals surface area contributed by atoms with E-state index in [1.54, 1.807) is 27.7 Å². The second-order valence-corrected chi connectivity index (χ2v) is 5.37. The lowest BCUT2D eigenvalue weighted by Crippen LogP contribution is -2.49. The lowest BCUT2D eigenvalue weighted by molar-refractivity contribution is -0.0893. The van der Waals surface area contributed by atoms with Gasteiger partial charge in [0.25, 0.3) is 0 Å². The summed E-state index contributed by atoms with van der Waals surface area (Å²) in [7, 11) is 1.26. The van der Waals surface area contributed by atoms with Crippen LogP contribution in [0.25, 0.3) is 0 Å². The van der Waals surface area contributed by atoms with Gasteiger partial charge in [-0.15, -0.1) is 0 Å². The van der Waals surface area contributed by atoms with E-state index in [9.17, 15) is 18.3 Å². The summed E-state index contributed by atoms with van der Waals surface area (Å²) in [4.78, 5) is 0. The van der Waals surface area contributed by atoms with Gasteiger partial charge in [-0.3, -0.25) is 0 Å². The van der Waals surface area contributed by atoms with Crippen molar-refractivity contribution in [1.29, 1.82) is 0 Å². The highest BCUT2D eigenvalue weighted by Crippen LogP contribution is 2.24. The van der Waals surface area contributed by atoms with E-state index in [2.05, 4.69) is 4.74 Å². The molecule has 111 valence electrons. The molecule has 0 saturated carbocycles. The van der Waals surface area contributed by atoms with Crippen LogP contribution >= 0.6 is 0 Å². The van der Waals surface area contributed by atoms with Crippen LogP contribution in [0.4, 0.5) is 13.2 Å². The van der Waals surface area contributed by atoms with Gasteiger partial charge < -0.3 is 14.5 Å². The Morgan fingerprint density at radius 1 is 1.20 bits per heavy atom. The lowest BCUT2D eigenvalue weighted by atomic mass is 9.82. The second-order valence-electron chi connectivity index (χ2n) is 5.37. The molecule has 1 N–H and O–H groups in total. The van der Waals surface area contributed by atoms with Crippen molar-refractivity contribution in [1.82, 2.24) is 0 Å². The number of benzene rings is 1. The SMILES string of the molecule is CC(C)(O)C(C)(C)O[B]c1ccc(OC(F)F)c(F)c1. The van der Waals surface area contributed by atoms with Crippen molar-refractivity contribution in [3.8, 4) is 5.75 Å². The molecule has 1 rings (SSSR count). The monoisotopic (exact) mass is 289 g/mol. The van der Waals surface area contributed by atoms with Crippen LogP contribution in [0.5, 0.6) is 5.75 Å². The number of halogens is 3. The zero-order valence-corrected chi connectivity index (χ0v) is 11.8. The minimum atomic E-state index is -3.08. The number of ether oxygens (including phenoxy) is 1. The summed E-state index contributed by atoms with van der Waals surface area (Å²) in [5.41, 5.74) is -1.68. The van der Waals surface area contributed by atoms with Crippen molar-refractivity contribution in [2.24, 2.45) is 0 Å². The first-order valence-corrected chi connectivity index (χ1v) is 6.01. The molecule has 0 aliphatic rings. The maximum atomic E-state index is 13.5. The average Bonchev–Trinajstić information content (AvgIpc) is 2.28. The van der Waals surface area contributed by atoms with Crippen LogP contribution in [0, 0.1) is 5.82 Å². The molecular formula is C13H17BF3O3. The Morgan fingerprint density at radius 2 is 1.80 bits per heavy atom. The van der Waals surface area contributed by atoms with Crippen LogP contribution in [0.15, 0.2) is 18.2 Å². The minimum Gasteiger partial charge on any atom is -0.432 e. The van der Waals surface area contributed by atoms with Gasteiger partial charge in [0.2, 0.25) is 0 Å². The number of alkyl halides is 2. The van der Waals surface area contributed by atoms with Crippen molar-refractivity contribution in [2.75, 3.05) is 0 Å². The van der Waals surface area contributed by atoms with Gasteiger partial charge >= 0.3 is 14.1 Å². The molecule has 3 nitrogen and oxygen atoms in total. The maximum Gasteiger partial charge on any atom is 0.387 e. The Hall–Kier alpha value is -1.21. The first-order valence-electron chi connectivity index (χ1n) is 6.01. The molecule has 1 aromatic carbocycles. The molecule has 0 unspecified atom stereocenters. The summed E-state index contributed by atoms with van der Waals surface area (Å²) in [5, 5.41) is 9.90. The van der Waals surface area contributed by atoms with Crippen LogP contribution in [-0.2, 0) is 4.65 Å². The summed E-state index contributed by atoms with van der Waals surface area (Å²) in [5.74, 6) is -1.44. The molecule has 0 aliphatic carbocycles. The maximum absolute atomic E-state index is 13.5. The molecule has 0 heterocycles. The molecule has 7 heteroatoms. The van der Waals surface area contributed by atoms with E-state index in [4.69, 9.17) is 4.65 Å². The van der Waals surface area contributed by atoms with Gasteiger partial charge in [0.1, 0.15) is 0 Å². The normalized spacial score (nSPS) is 12.7. The third-order valence-corrected chi connectivity index (χ3v) is 3.14. The highest BCUT2D eigenvalue weighted by Gasteiger charge is 2.35. The number of hydrogen-bond acceptors (Lipinski definition) is 3. The van der Waals surface area contributed by atoms with E-state index >= 15 is 0 Å². The Morgan fingerprint density at radius 3 is 2.25 bits per heavy atom. The van der Waals surface area contributed by atoms with Gasteiger partial charge in [-0.25, -0.2) is 4.39 Å². The largest absolute Gasteiger partial charge is 0.432 e. The molecular weight excluding hydrogens is 272 g/mol. The molecule has 0 amide bonds. The van der Waals surface area contributed by atoms with Crippen LogP contribution < -0.4 is 10.2 Å². The predicted molar refractivity (Wildman–Crippen MR) is 69.9 cm³/mol. The second kappa shape index (κ2) is 6.05. The fourth-order valence-corrected chi connectivity index (χ4v) is 1.14. The third-order valence-electron chi connectivity index (χ3n) is 3.14. The lowest BCUT2D eigenvalue weighted by Gasteiger charge is -2.37. The first kappa shape index (κ1) is 16.8. The molecule has 20 heavy (non-hydrogen) atoms. The molecule has 0 fully saturated rings. The minimum absolute atomic E-state index is 0.335. The van der Waals surface area contributed by atoms with Crippen molar-refractivity contribution >= 4 is 12.9 Å². The number of rotatable bonds is 6. The molecule has 1 aromatic rings. The fourth-order valence-electron chi connectivity index (χ4n) is 1.14. The summed E-state index contributed by atoms with van der Waals surface area (Å²) in [6, 6.07) is 3.48. The van der Waals surface area contributed by atoms with Gasteiger partial charge in [-0.05, 0) is 39.8 Å². The molecule has 0 spiro atoms. The Kier molecular flexibility index (Phi) is 5.10. The van der Waals surface area contributed by atoms with Crippen LogP contribution in [0.2, 0.25) is 0 Å². The van der Waals surface area contributed by atoms with Gasteiger partial charge in [0.15, 0.2) is 11.6 Å². The molecule has 1 radical (unpaired) electrons. The zero-order valence-electron chi connectivity index (χ0n) is 11.8. The standard InChI is InChI=1S/C13H17BF3O3/c1-12(2,18)13(3,4)20-14-8-5-6-10(9(15)7-8)19-11(16)17/h5-7,11,18H,1-4H3. The fraction of sp³-hybridized carbons (Fsp3) is 0.538. The smallest absolute Gasteiger partial charge is 0.387 e. The van der Waals surface area contributed by atoms with Gasteiger partial charge in [-0.1, -0.05) is 11.5 Å². The molecule has 0 atom stereocenters. The first-order chi connectivity index (χ1) is 9.03. The third kappa shape index (κ3) is 4.42. The molecule has 0 bridgehead atoms. The van der Waals surface area contributed by atoms with Crippen molar-refractivity contribution in [3.63, 3.8) is 0 Å². The zero-order chi connectivity index (χ0) is 15.6. The summed E-state index contributed by atoms with van der Waals surface area (Å²) in [6.45, 7) is 3.44. The van der Waals surface area contributed by atoms with Crippen LogP contribution in [0.1, 0.15) is 27.7 Å².